The highest BCUT2D eigenvalue weighted by atomic mass is 19.1. The Morgan fingerprint density at radius 3 is 3.05 bits per heavy atom. The molecule has 0 N–H and O–H groups in total. The number of alkyl halides is 1. The van der Waals surface area contributed by atoms with E-state index < -0.39 is 12.1 Å². The third-order valence-corrected chi connectivity index (χ3v) is 3.13. The summed E-state index contributed by atoms with van der Waals surface area (Å²) in [5, 5.41) is 0. The third kappa shape index (κ3) is 2.14. The number of hydrogen-bond donors (Lipinski definition) is 0. The predicted molar refractivity (Wildman–Crippen MR) is 68.3 cm³/mol. The Labute approximate surface area is 109 Å². The standard InChI is InChI=1S/C13H14FN3O2/c1-2-19-13(18)11-8-16-4-3-10(5-12(16)15-11)17-6-9(14)7-17/h3-5,8-9H,2,6-7H2,1H3. The molecule has 0 aliphatic carbocycles. The van der Waals surface area contributed by atoms with E-state index in [0.717, 1.165) is 5.69 Å². The fourth-order valence-electron chi connectivity index (χ4n) is 2.11. The van der Waals surface area contributed by atoms with E-state index in [4.69, 9.17) is 4.74 Å². The van der Waals surface area contributed by atoms with Crippen LogP contribution in [0.3, 0.4) is 0 Å². The Morgan fingerprint density at radius 1 is 1.58 bits per heavy atom. The Balaban J connectivity index is 1.88. The van der Waals surface area contributed by atoms with Crippen LogP contribution in [0.1, 0.15) is 17.4 Å². The molecule has 6 heteroatoms. The minimum atomic E-state index is -0.744. The van der Waals surface area contributed by atoms with Gasteiger partial charge in [-0.05, 0) is 13.0 Å². The molecule has 0 spiro atoms. The van der Waals surface area contributed by atoms with Crippen molar-refractivity contribution in [1.82, 2.24) is 9.38 Å². The number of fused-ring (bicyclic) bond motifs is 1. The molecule has 1 aliphatic heterocycles. The fourth-order valence-corrected chi connectivity index (χ4v) is 2.11. The lowest BCUT2D eigenvalue weighted by Gasteiger charge is -2.36. The van der Waals surface area contributed by atoms with Gasteiger partial charge in [-0.25, -0.2) is 14.2 Å². The minimum absolute atomic E-state index is 0.283. The maximum absolute atomic E-state index is 12.8. The normalized spacial score (nSPS) is 15.6. The number of hydrogen-bond acceptors (Lipinski definition) is 4. The SMILES string of the molecule is CCOC(=O)c1cn2ccc(N3CC(F)C3)cc2n1. The molecule has 1 saturated heterocycles. The van der Waals surface area contributed by atoms with E-state index in [1.54, 1.807) is 17.5 Å². The van der Waals surface area contributed by atoms with Gasteiger partial charge in [-0.2, -0.15) is 0 Å². The van der Waals surface area contributed by atoms with Gasteiger partial charge in [0.15, 0.2) is 5.69 Å². The molecule has 0 radical (unpaired) electrons. The highest BCUT2D eigenvalue weighted by Crippen LogP contribution is 2.23. The molecule has 2 aromatic heterocycles. The van der Waals surface area contributed by atoms with Crippen molar-refractivity contribution in [2.24, 2.45) is 0 Å². The number of anilines is 1. The van der Waals surface area contributed by atoms with Gasteiger partial charge in [0.1, 0.15) is 11.8 Å². The number of ether oxygens (including phenoxy) is 1. The van der Waals surface area contributed by atoms with Crippen LogP contribution in [-0.2, 0) is 4.74 Å². The largest absolute Gasteiger partial charge is 0.461 e. The first-order chi connectivity index (χ1) is 9.17. The second kappa shape index (κ2) is 4.53. The summed E-state index contributed by atoms with van der Waals surface area (Å²) < 4.78 is 19.5. The molecule has 0 atom stereocenters. The topological polar surface area (TPSA) is 46.8 Å². The van der Waals surface area contributed by atoms with Crippen LogP contribution >= 0.6 is 0 Å². The number of carbonyl (C=O) groups is 1. The molecule has 5 nitrogen and oxygen atoms in total. The van der Waals surface area contributed by atoms with Crippen molar-refractivity contribution in [2.75, 3.05) is 24.6 Å². The van der Waals surface area contributed by atoms with E-state index in [9.17, 15) is 9.18 Å². The van der Waals surface area contributed by atoms with Crippen LogP contribution in [0.15, 0.2) is 24.5 Å². The predicted octanol–water partition coefficient (Wildman–Crippen LogP) is 1.67. The van der Waals surface area contributed by atoms with Gasteiger partial charge < -0.3 is 14.0 Å². The molecule has 0 saturated carbocycles. The summed E-state index contributed by atoms with van der Waals surface area (Å²) in [5.74, 6) is -0.430. The number of pyridine rings is 1. The van der Waals surface area contributed by atoms with Crippen LogP contribution in [0.25, 0.3) is 5.65 Å². The average Bonchev–Trinajstić information content (AvgIpc) is 2.78. The smallest absolute Gasteiger partial charge is 0.358 e. The van der Waals surface area contributed by atoms with Gasteiger partial charge in [-0.15, -0.1) is 0 Å². The molecule has 3 heterocycles. The summed E-state index contributed by atoms with van der Waals surface area (Å²) >= 11 is 0. The van der Waals surface area contributed by atoms with Crippen molar-refractivity contribution in [3.05, 3.63) is 30.2 Å². The van der Waals surface area contributed by atoms with Crippen LogP contribution in [-0.4, -0.2) is 41.2 Å². The summed E-state index contributed by atoms with van der Waals surface area (Å²) in [7, 11) is 0. The fraction of sp³-hybridized carbons (Fsp3) is 0.385. The minimum Gasteiger partial charge on any atom is -0.461 e. The lowest BCUT2D eigenvalue weighted by atomic mass is 10.1. The number of nitrogens with zero attached hydrogens (tertiary/aromatic N) is 3. The lowest BCUT2D eigenvalue weighted by molar-refractivity contribution is 0.0520. The number of halogens is 1. The van der Waals surface area contributed by atoms with Gasteiger partial charge in [0.2, 0.25) is 0 Å². The summed E-state index contributed by atoms with van der Waals surface area (Å²) in [6.07, 6.45) is 2.70. The zero-order valence-electron chi connectivity index (χ0n) is 10.5. The molecule has 1 aliphatic rings. The third-order valence-electron chi connectivity index (χ3n) is 3.13. The first kappa shape index (κ1) is 12.0. The monoisotopic (exact) mass is 263 g/mol. The molecule has 0 unspecified atom stereocenters. The highest BCUT2D eigenvalue weighted by molar-refractivity contribution is 5.88. The van der Waals surface area contributed by atoms with Gasteiger partial charge in [-0.1, -0.05) is 0 Å². The van der Waals surface area contributed by atoms with E-state index in [0.29, 0.717) is 25.3 Å². The molecule has 1 fully saturated rings. The van der Waals surface area contributed by atoms with Crippen molar-refractivity contribution in [3.8, 4) is 0 Å². The van der Waals surface area contributed by atoms with Crippen molar-refractivity contribution >= 4 is 17.3 Å². The van der Waals surface area contributed by atoms with E-state index in [1.807, 2.05) is 23.2 Å². The molecular formula is C13H14FN3O2. The van der Waals surface area contributed by atoms with Gasteiger partial charge >= 0.3 is 5.97 Å². The molecule has 19 heavy (non-hydrogen) atoms. The zero-order valence-corrected chi connectivity index (χ0v) is 10.5. The van der Waals surface area contributed by atoms with Gasteiger partial charge in [0, 0.05) is 24.1 Å². The van der Waals surface area contributed by atoms with Crippen LogP contribution < -0.4 is 4.90 Å². The highest BCUT2D eigenvalue weighted by Gasteiger charge is 2.26. The van der Waals surface area contributed by atoms with Crippen LogP contribution in [0.5, 0.6) is 0 Å². The van der Waals surface area contributed by atoms with Crippen LogP contribution in [0, 0.1) is 0 Å². The summed E-state index contributed by atoms with van der Waals surface area (Å²) in [4.78, 5) is 17.7. The quantitative estimate of drug-likeness (QED) is 0.790. The Morgan fingerprint density at radius 2 is 2.37 bits per heavy atom. The van der Waals surface area contributed by atoms with E-state index in [2.05, 4.69) is 4.98 Å². The van der Waals surface area contributed by atoms with Gasteiger partial charge in [-0.3, -0.25) is 0 Å². The zero-order chi connectivity index (χ0) is 13.4. The Kier molecular flexibility index (Phi) is 2.85. The molecule has 0 aromatic carbocycles. The summed E-state index contributed by atoms with van der Waals surface area (Å²) in [5.41, 5.74) is 1.86. The van der Waals surface area contributed by atoms with Gasteiger partial charge in [0.25, 0.3) is 0 Å². The number of rotatable bonds is 3. The van der Waals surface area contributed by atoms with E-state index in [1.165, 1.54) is 0 Å². The average molecular weight is 263 g/mol. The van der Waals surface area contributed by atoms with E-state index in [-0.39, 0.29) is 5.69 Å². The molecule has 0 amide bonds. The number of carbonyl (C=O) groups excluding carboxylic acids is 1. The molecule has 100 valence electrons. The first-order valence-corrected chi connectivity index (χ1v) is 6.22. The number of esters is 1. The molecule has 2 aromatic rings. The van der Waals surface area contributed by atoms with Crippen molar-refractivity contribution in [3.63, 3.8) is 0 Å². The molecular weight excluding hydrogens is 249 g/mol. The molecule has 3 rings (SSSR count). The van der Waals surface area contributed by atoms with Crippen molar-refractivity contribution < 1.29 is 13.9 Å². The van der Waals surface area contributed by atoms with Crippen LogP contribution in [0.4, 0.5) is 10.1 Å². The Hall–Kier alpha value is -2.11. The number of aromatic nitrogens is 2. The summed E-state index contributed by atoms with van der Waals surface area (Å²) in [6.45, 7) is 2.91. The van der Waals surface area contributed by atoms with Crippen molar-refractivity contribution in [2.45, 2.75) is 13.1 Å². The second-order valence-electron chi connectivity index (χ2n) is 4.50. The van der Waals surface area contributed by atoms with Crippen molar-refractivity contribution in [1.29, 1.82) is 0 Å². The maximum Gasteiger partial charge on any atom is 0.358 e. The second-order valence-corrected chi connectivity index (χ2v) is 4.50. The number of imidazole rings is 1. The maximum atomic E-state index is 12.8. The van der Waals surface area contributed by atoms with Gasteiger partial charge in [0.05, 0.1) is 19.7 Å². The van der Waals surface area contributed by atoms with Crippen LogP contribution in [0.2, 0.25) is 0 Å². The Bertz CT molecular complexity index is 619. The van der Waals surface area contributed by atoms with E-state index >= 15 is 0 Å². The summed E-state index contributed by atoms with van der Waals surface area (Å²) in [6, 6.07) is 3.73. The molecule has 0 bridgehead atoms. The first-order valence-electron chi connectivity index (χ1n) is 6.22. The lowest BCUT2D eigenvalue weighted by Crippen LogP contribution is -2.48.